The lowest BCUT2D eigenvalue weighted by molar-refractivity contribution is -0.123. The molecule has 3 rings (SSSR count). The molecule has 1 saturated heterocycles. The van der Waals surface area contributed by atoms with E-state index in [1.165, 1.54) is 11.8 Å². The summed E-state index contributed by atoms with van der Waals surface area (Å²) >= 11 is 6.65. The molecule has 0 aromatic heterocycles. The second-order valence-corrected chi connectivity index (χ2v) is 7.66. The number of amides is 1. The van der Waals surface area contributed by atoms with E-state index in [9.17, 15) is 4.79 Å². The summed E-state index contributed by atoms with van der Waals surface area (Å²) in [4.78, 5) is 14.7. The molecule has 2 aromatic rings. The summed E-state index contributed by atoms with van der Waals surface area (Å²) in [6.07, 6.45) is 1.88. The molecule has 1 amide bonds. The van der Waals surface area contributed by atoms with Gasteiger partial charge in [-0.15, -0.1) is 0 Å². The number of carbonyl (C=O) groups excluding carboxylic acids is 1. The molecule has 25 heavy (non-hydrogen) atoms. The summed E-state index contributed by atoms with van der Waals surface area (Å²) in [5, 5.41) is 0. The Morgan fingerprint density at radius 1 is 1.12 bits per heavy atom. The fourth-order valence-corrected chi connectivity index (χ4v) is 4.00. The minimum absolute atomic E-state index is 0.0191. The van der Waals surface area contributed by atoms with Crippen LogP contribution in [0.3, 0.4) is 0 Å². The zero-order valence-corrected chi connectivity index (χ0v) is 15.8. The fourth-order valence-electron chi connectivity index (χ4n) is 2.48. The number of thioether (sulfide) groups is 1. The Morgan fingerprint density at radius 2 is 1.80 bits per heavy atom. The fraction of sp³-hybridized carbons (Fsp3) is 0.200. The van der Waals surface area contributed by atoms with Crippen LogP contribution in [0.15, 0.2) is 59.5 Å². The minimum atomic E-state index is -0.0191. The number of hydrogen-bond donors (Lipinski definition) is 0. The van der Waals surface area contributed by atoms with Gasteiger partial charge < -0.3 is 4.74 Å². The Bertz CT molecular complexity index is 798. The van der Waals surface area contributed by atoms with Gasteiger partial charge in [0.25, 0.3) is 5.91 Å². The molecule has 1 heterocycles. The topological polar surface area (TPSA) is 29.5 Å². The van der Waals surface area contributed by atoms with Gasteiger partial charge >= 0.3 is 0 Å². The van der Waals surface area contributed by atoms with E-state index >= 15 is 0 Å². The van der Waals surface area contributed by atoms with Crippen molar-refractivity contribution >= 4 is 40.3 Å². The van der Waals surface area contributed by atoms with E-state index in [-0.39, 0.29) is 11.9 Å². The third kappa shape index (κ3) is 4.30. The molecule has 1 fully saturated rings. The van der Waals surface area contributed by atoms with Crippen LogP contribution in [0.25, 0.3) is 6.08 Å². The number of rotatable bonds is 5. The second-order valence-electron chi connectivity index (χ2n) is 5.99. The zero-order valence-electron chi connectivity index (χ0n) is 14.1. The van der Waals surface area contributed by atoms with Crippen LogP contribution in [0.5, 0.6) is 5.75 Å². The van der Waals surface area contributed by atoms with Crippen molar-refractivity contribution in [1.29, 1.82) is 0 Å². The zero-order chi connectivity index (χ0) is 17.8. The van der Waals surface area contributed by atoms with Crippen LogP contribution in [0, 0.1) is 0 Å². The van der Waals surface area contributed by atoms with E-state index in [0.29, 0.717) is 15.8 Å². The van der Waals surface area contributed by atoms with Crippen molar-refractivity contribution < 1.29 is 9.53 Å². The predicted octanol–water partition coefficient (Wildman–Crippen LogP) is 4.88. The largest absolute Gasteiger partial charge is 0.489 e. The first-order valence-electron chi connectivity index (χ1n) is 8.08. The molecule has 0 bridgehead atoms. The van der Waals surface area contributed by atoms with Crippen molar-refractivity contribution in [2.45, 2.75) is 26.5 Å². The van der Waals surface area contributed by atoms with Crippen LogP contribution in [-0.2, 0) is 11.4 Å². The summed E-state index contributed by atoms with van der Waals surface area (Å²) in [6, 6.07) is 17.8. The van der Waals surface area contributed by atoms with E-state index in [4.69, 9.17) is 17.0 Å². The van der Waals surface area contributed by atoms with Crippen molar-refractivity contribution in [1.82, 2.24) is 4.90 Å². The van der Waals surface area contributed by atoms with Gasteiger partial charge in [0.2, 0.25) is 0 Å². The average Bonchev–Trinajstić information content (AvgIpc) is 2.89. The third-order valence-corrected chi connectivity index (χ3v) is 5.10. The molecule has 0 aliphatic carbocycles. The van der Waals surface area contributed by atoms with Crippen molar-refractivity contribution in [3.05, 3.63) is 70.6 Å². The molecule has 0 atom stereocenters. The molecule has 0 unspecified atom stereocenters. The van der Waals surface area contributed by atoms with Crippen molar-refractivity contribution in [3.8, 4) is 5.75 Å². The van der Waals surface area contributed by atoms with Gasteiger partial charge in [0.15, 0.2) is 0 Å². The van der Waals surface area contributed by atoms with Crippen LogP contribution in [0.2, 0.25) is 0 Å². The normalized spacial score (nSPS) is 16.1. The van der Waals surface area contributed by atoms with Gasteiger partial charge in [-0.05, 0) is 43.2 Å². The lowest BCUT2D eigenvalue weighted by Crippen LogP contribution is -2.34. The number of benzene rings is 2. The summed E-state index contributed by atoms with van der Waals surface area (Å²) in [6.45, 7) is 4.46. The van der Waals surface area contributed by atoms with E-state index in [1.807, 2.05) is 74.5 Å². The van der Waals surface area contributed by atoms with Crippen LogP contribution >= 0.6 is 24.0 Å². The molecular weight excluding hydrogens is 350 g/mol. The second kappa shape index (κ2) is 7.85. The Morgan fingerprint density at radius 3 is 2.40 bits per heavy atom. The van der Waals surface area contributed by atoms with Crippen molar-refractivity contribution in [2.75, 3.05) is 0 Å². The molecule has 128 valence electrons. The predicted molar refractivity (Wildman–Crippen MR) is 107 cm³/mol. The maximum absolute atomic E-state index is 12.4. The molecule has 0 saturated carbocycles. The molecular formula is C20H19NO2S2. The van der Waals surface area contributed by atoms with Gasteiger partial charge in [0.05, 0.1) is 4.91 Å². The van der Waals surface area contributed by atoms with Crippen molar-refractivity contribution in [2.24, 2.45) is 0 Å². The SMILES string of the molecule is CC(C)N1C(=O)C(=Cc2ccc(OCc3ccccc3)cc2)SC1=S. The van der Waals surface area contributed by atoms with E-state index in [0.717, 1.165) is 16.9 Å². The van der Waals surface area contributed by atoms with Gasteiger partial charge in [-0.2, -0.15) is 0 Å². The number of carbonyl (C=O) groups is 1. The highest BCUT2D eigenvalue weighted by Gasteiger charge is 2.33. The third-order valence-electron chi connectivity index (χ3n) is 3.77. The first kappa shape index (κ1) is 17.7. The number of hydrogen-bond acceptors (Lipinski definition) is 4. The summed E-state index contributed by atoms with van der Waals surface area (Å²) in [7, 11) is 0. The molecule has 0 N–H and O–H groups in total. The Balaban J connectivity index is 1.66. The standard InChI is InChI=1S/C20H19NO2S2/c1-14(2)21-19(22)18(25-20(21)24)12-15-8-10-17(11-9-15)23-13-16-6-4-3-5-7-16/h3-12,14H,13H2,1-2H3. The summed E-state index contributed by atoms with van der Waals surface area (Å²) < 4.78 is 6.40. The Labute approximate surface area is 157 Å². The summed E-state index contributed by atoms with van der Waals surface area (Å²) in [5.41, 5.74) is 2.08. The molecule has 1 aliphatic rings. The van der Waals surface area contributed by atoms with E-state index in [2.05, 4.69) is 0 Å². The number of nitrogens with zero attached hydrogens (tertiary/aromatic N) is 1. The van der Waals surface area contributed by atoms with Crippen LogP contribution < -0.4 is 4.74 Å². The average molecular weight is 370 g/mol. The van der Waals surface area contributed by atoms with Gasteiger partial charge in [-0.3, -0.25) is 9.69 Å². The molecule has 3 nitrogen and oxygen atoms in total. The lowest BCUT2D eigenvalue weighted by Gasteiger charge is -2.18. The Hall–Kier alpha value is -2.11. The quantitative estimate of drug-likeness (QED) is 0.555. The van der Waals surface area contributed by atoms with Gasteiger partial charge in [0.1, 0.15) is 16.7 Å². The van der Waals surface area contributed by atoms with E-state index in [1.54, 1.807) is 4.90 Å². The smallest absolute Gasteiger partial charge is 0.266 e. The molecule has 0 radical (unpaired) electrons. The number of thiocarbonyl (C=S) groups is 1. The molecule has 5 heteroatoms. The highest BCUT2D eigenvalue weighted by molar-refractivity contribution is 8.26. The monoisotopic (exact) mass is 369 g/mol. The van der Waals surface area contributed by atoms with Crippen LogP contribution in [0.1, 0.15) is 25.0 Å². The van der Waals surface area contributed by atoms with Gasteiger partial charge in [0, 0.05) is 6.04 Å². The van der Waals surface area contributed by atoms with Crippen molar-refractivity contribution in [3.63, 3.8) is 0 Å². The highest BCUT2D eigenvalue weighted by atomic mass is 32.2. The van der Waals surface area contributed by atoms with E-state index < -0.39 is 0 Å². The molecule has 2 aromatic carbocycles. The Kier molecular flexibility index (Phi) is 5.56. The van der Waals surface area contributed by atoms with Gasteiger partial charge in [-0.1, -0.05) is 66.4 Å². The number of ether oxygens (including phenoxy) is 1. The maximum Gasteiger partial charge on any atom is 0.266 e. The molecule has 0 spiro atoms. The maximum atomic E-state index is 12.4. The minimum Gasteiger partial charge on any atom is -0.489 e. The highest BCUT2D eigenvalue weighted by Crippen LogP contribution is 2.34. The lowest BCUT2D eigenvalue weighted by atomic mass is 10.2. The summed E-state index contributed by atoms with van der Waals surface area (Å²) in [5.74, 6) is 0.783. The van der Waals surface area contributed by atoms with Gasteiger partial charge in [-0.25, -0.2) is 0 Å². The first-order chi connectivity index (χ1) is 12.0. The first-order valence-corrected chi connectivity index (χ1v) is 9.31. The van der Waals surface area contributed by atoms with Crippen LogP contribution in [0.4, 0.5) is 0 Å². The molecule has 1 aliphatic heterocycles. The van der Waals surface area contributed by atoms with Crippen LogP contribution in [-0.4, -0.2) is 21.2 Å².